The first-order chi connectivity index (χ1) is 12.6. The largest absolute Gasteiger partial charge is 0.416 e. The molecule has 0 radical (unpaired) electrons. The molecule has 0 saturated carbocycles. The predicted octanol–water partition coefficient (Wildman–Crippen LogP) is 3.51. The van der Waals surface area contributed by atoms with Gasteiger partial charge in [0.05, 0.1) is 16.9 Å². The Bertz CT molecular complexity index is 1090. The zero-order valence-corrected chi connectivity index (χ0v) is 15.6. The summed E-state index contributed by atoms with van der Waals surface area (Å²) in [6.07, 6.45) is -3.26. The van der Waals surface area contributed by atoms with Gasteiger partial charge in [-0.15, -0.1) is 0 Å². The van der Waals surface area contributed by atoms with Crippen LogP contribution in [-0.4, -0.2) is 29.7 Å². The Morgan fingerprint density at radius 1 is 1.19 bits per heavy atom. The number of benzene rings is 1. The van der Waals surface area contributed by atoms with E-state index in [0.29, 0.717) is 16.7 Å². The molecule has 0 unspecified atom stereocenters. The average Bonchev–Trinajstić information content (AvgIpc) is 2.89. The van der Waals surface area contributed by atoms with E-state index in [9.17, 15) is 21.6 Å². The third-order valence-corrected chi connectivity index (χ3v) is 6.06. The van der Waals surface area contributed by atoms with Gasteiger partial charge in [-0.05, 0) is 44.2 Å². The van der Waals surface area contributed by atoms with Crippen LogP contribution >= 0.6 is 0 Å². The summed E-state index contributed by atoms with van der Waals surface area (Å²) in [5.41, 5.74) is 0.487. The van der Waals surface area contributed by atoms with Gasteiger partial charge in [-0.25, -0.2) is 13.4 Å². The van der Waals surface area contributed by atoms with Gasteiger partial charge in [0.1, 0.15) is 4.90 Å². The molecule has 10 heteroatoms. The zero-order chi connectivity index (χ0) is 20.0. The summed E-state index contributed by atoms with van der Waals surface area (Å²) in [6.45, 7) is 3.40. The van der Waals surface area contributed by atoms with Crippen molar-refractivity contribution in [1.29, 1.82) is 0 Å². The highest BCUT2D eigenvalue weighted by Crippen LogP contribution is 2.32. The molecule has 3 aromatic rings. The molecule has 0 aliphatic carbocycles. The SMILES string of the molecule is CCN(c1ccc(C(F)(F)F)cc1)S(=O)(=O)c1cnc2c(c1)c(C)nn2C. The van der Waals surface area contributed by atoms with Crippen molar-refractivity contribution in [1.82, 2.24) is 14.8 Å². The van der Waals surface area contributed by atoms with E-state index in [-0.39, 0.29) is 17.1 Å². The number of sulfonamides is 1. The van der Waals surface area contributed by atoms with Crippen molar-refractivity contribution in [3.63, 3.8) is 0 Å². The van der Waals surface area contributed by atoms with Crippen molar-refractivity contribution in [2.45, 2.75) is 24.9 Å². The van der Waals surface area contributed by atoms with Crippen LogP contribution in [0.4, 0.5) is 18.9 Å². The van der Waals surface area contributed by atoms with Crippen LogP contribution in [0.25, 0.3) is 11.0 Å². The van der Waals surface area contributed by atoms with Crippen LogP contribution < -0.4 is 4.31 Å². The van der Waals surface area contributed by atoms with Crippen LogP contribution in [0.15, 0.2) is 41.4 Å². The molecule has 1 aromatic carbocycles. The maximum Gasteiger partial charge on any atom is 0.416 e. The summed E-state index contributed by atoms with van der Waals surface area (Å²) in [5.74, 6) is 0. The van der Waals surface area contributed by atoms with E-state index in [1.807, 2.05) is 0 Å². The summed E-state index contributed by atoms with van der Waals surface area (Å²) in [6, 6.07) is 5.49. The fraction of sp³-hybridized carbons (Fsp3) is 0.294. The van der Waals surface area contributed by atoms with Gasteiger partial charge < -0.3 is 0 Å². The van der Waals surface area contributed by atoms with Gasteiger partial charge in [0.2, 0.25) is 0 Å². The minimum absolute atomic E-state index is 0.0483. The second-order valence-corrected chi connectivity index (χ2v) is 7.83. The van der Waals surface area contributed by atoms with Crippen molar-refractivity contribution in [2.24, 2.45) is 7.05 Å². The molecule has 0 atom stereocenters. The predicted molar refractivity (Wildman–Crippen MR) is 94.9 cm³/mol. The van der Waals surface area contributed by atoms with E-state index in [1.165, 1.54) is 12.3 Å². The smallest absolute Gasteiger partial charge is 0.267 e. The molecule has 144 valence electrons. The molecule has 0 bridgehead atoms. The first-order valence-electron chi connectivity index (χ1n) is 8.05. The summed E-state index contributed by atoms with van der Waals surface area (Å²) in [4.78, 5) is 4.12. The molecule has 0 aliphatic rings. The van der Waals surface area contributed by atoms with E-state index in [0.717, 1.165) is 28.6 Å². The number of aryl methyl sites for hydroxylation is 2. The van der Waals surface area contributed by atoms with Gasteiger partial charge >= 0.3 is 6.18 Å². The fourth-order valence-electron chi connectivity index (χ4n) is 2.87. The standard InChI is InChI=1S/C17H17F3N4O2S/c1-4-24(13-7-5-12(6-8-13)17(18,19)20)27(25,26)14-9-15-11(2)22-23(3)16(15)21-10-14/h5-10H,4H2,1-3H3. The van der Waals surface area contributed by atoms with Crippen LogP contribution in [0.5, 0.6) is 0 Å². The quantitative estimate of drug-likeness (QED) is 0.675. The van der Waals surface area contributed by atoms with Crippen molar-refractivity contribution >= 4 is 26.7 Å². The van der Waals surface area contributed by atoms with Crippen molar-refractivity contribution < 1.29 is 21.6 Å². The molecule has 27 heavy (non-hydrogen) atoms. The summed E-state index contributed by atoms with van der Waals surface area (Å²) in [5, 5.41) is 4.81. The number of nitrogens with zero attached hydrogens (tertiary/aromatic N) is 4. The maximum atomic E-state index is 13.0. The number of hydrogen-bond donors (Lipinski definition) is 0. The molecular weight excluding hydrogens is 381 g/mol. The van der Waals surface area contributed by atoms with E-state index in [2.05, 4.69) is 10.1 Å². The third kappa shape index (κ3) is 3.36. The lowest BCUT2D eigenvalue weighted by Gasteiger charge is -2.23. The molecule has 0 N–H and O–H groups in total. The fourth-order valence-corrected chi connectivity index (χ4v) is 4.31. The van der Waals surface area contributed by atoms with Gasteiger partial charge in [0.25, 0.3) is 10.0 Å². The molecular formula is C17H17F3N4O2S. The minimum atomic E-state index is -4.48. The van der Waals surface area contributed by atoms with Crippen molar-refractivity contribution in [3.05, 3.63) is 47.8 Å². The van der Waals surface area contributed by atoms with E-state index in [1.54, 1.807) is 25.6 Å². The third-order valence-electron chi connectivity index (χ3n) is 4.20. The van der Waals surface area contributed by atoms with E-state index < -0.39 is 21.8 Å². The van der Waals surface area contributed by atoms with Crippen LogP contribution in [0.2, 0.25) is 0 Å². The zero-order valence-electron chi connectivity index (χ0n) is 14.8. The van der Waals surface area contributed by atoms with Gasteiger partial charge in [-0.3, -0.25) is 8.99 Å². The Kier molecular flexibility index (Phi) is 4.62. The molecule has 0 amide bonds. The number of fused-ring (bicyclic) bond motifs is 1. The number of alkyl halides is 3. The number of anilines is 1. The molecule has 6 nitrogen and oxygen atoms in total. The normalized spacial score (nSPS) is 12.5. The topological polar surface area (TPSA) is 68.1 Å². The maximum absolute atomic E-state index is 13.0. The molecule has 0 aliphatic heterocycles. The van der Waals surface area contributed by atoms with Gasteiger partial charge in [-0.2, -0.15) is 18.3 Å². The van der Waals surface area contributed by atoms with Crippen LogP contribution in [0.1, 0.15) is 18.2 Å². The Labute approximate surface area is 154 Å². The summed E-state index contributed by atoms with van der Waals surface area (Å²) in [7, 11) is -2.29. The Morgan fingerprint density at radius 2 is 1.81 bits per heavy atom. The lowest BCUT2D eigenvalue weighted by atomic mass is 10.2. The molecule has 2 heterocycles. The second-order valence-electron chi connectivity index (χ2n) is 5.97. The van der Waals surface area contributed by atoms with Crippen LogP contribution in [0.3, 0.4) is 0 Å². The molecule has 0 saturated heterocycles. The Hall–Kier alpha value is -2.62. The number of hydrogen-bond acceptors (Lipinski definition) is 4. The Morgan fingerprint density at radius 3 is 2.37 bits per heavy atom. The van der Waals surface area contributed by atoms with Gasteiger partial charge in [-0.1, -0.05) is 0 Å². The number of halogens is 3. The lowest BCUT2D eigenvalue weighted by Crippen LogP contribution is -2.31. The Balaban J connectivity index is 2.05. The first kappa shape index (κ1) is 19.2. The van der Waals surface area contributed by atoms with E-state index >= 15 is 0 Å². The second kappa shape index (κ2) is 6.52. The van der Waals surface area contributed by atoms with Gasteiger partial charge in [0.15, 0.2) is 5.65 Å². The monoisotopic (exact) mass is 398 g/mol. The average molecular weight is 398 g/mol. The number of pyridine rings is 1. The first-order valence-corrected chi connectivity index (χ1v) is 9.49. The highest BCUT2D eigenvalue weighted by molar-refractivity contribution is 7.92. The number of rotatable bonds is 4. The minimum Gasteiger partial charge on any atom is -0.267 e. The number of aromatic nitrogens is 3. The highest BCUT2D eigenvalue weighted by atomic mass is 32.2. The summed E-state index contributed by atoms with van der Waals surface area (Å²) < 4.78 is 66.9. The molecule has 3 rings (SSSR count). The van der Waals surface area contributed by atoms with Crippen LogP contribution in [-0.2, 0) is 23.2 Å². The van der Waals surface area contributed by atoms with Gasteiger partial charge in [0, 0.05) is 25.2 Å². The van der Waals surface area contributed by atoms with Crippen molar-refractivity contribution in [3.8, 4) is 0 Å². The molecule has 0 fully saturated rings. The summed E-state index contributed by atoms with van der Waals surface area (Å²) >= 11 is 0. The molecule has 2 aromatic heterocycles. The van der Waals surface area contributed by atoms with Crippen LogP contribution in [0, 0.1) is 6.92 Å². The van der Waals surface area contributed by atoms with E-state index in [4.69, 9.17) is 0 Å². The highest BCUT2D eigenvalue weighted by Gasteiger charge is 2.31. The molecule has 0 spiro atoms. The van der Waals surface area contributed by atoms with Crippen molar-refractivity contribution in [2.75, 3.05) is 10.8 Å². The lowest BCUT2D eigenvalue weighted by molar-refractivity contribution is -0.137.